The maximum Gasteiger partial charge on any atom is 0.0872 e. The van der Waals surface area contributed by atoms with E-state index in [2.05, 4.69) is 11.0 Å². The predicted molar refractivity (Wildman–Crippen MR) is 67.2 cm³/mol. The van der Waals surface area contributed by atoms with Crippen molar-refractivity contribution >= 4 is 17.3 Å². The topological polar surface area (TPSA) is 38.5 Å². The van der Waals surface area contributed by atoms with Crippen molar-refractivity contribution in [3.05, 3.63) is 28.8 Å². The van der Waals surface area contributed by atoms with Gasteiger partial charge in [0.1, 0.15) is 0 Å². The zero-order chi connectivity index (χ0) is 11.5. The second kappa shape index (κ2) is 5.04. The average Bonchev–Trinajstić information content (AvgIpc) is 2.33. The van der Waals surface area contributed by atoms with E-state index in [4.69, 9.17) is 22.1 Å². The lowest BCUT2D eigenvalue weighted by molar-refractivity contribution is 0.0466. The second-order valence-electron chi connectivity index (χ2n) is 4.11. The molecule has 1 saturated heterocycles. The first-order chi connectivity index (χ1) is 7.70. The SMILES string of the molecule is Cc1ccc(N2CCOC(CN)C2)cc1Cl. The molecule has 0 bridgehead atoms. The first-order valence-electron chi connectivity index (χ1n) is 5.53. The monoisotopic (exact) mass is 240 g/mol. The number of hydrogen-bond acceptors (Lipinski definition) is 3. The zero-order valence-corrected chi connectivity index (χ0v) is 10.2. The van der Waals surface area contributed by atoms with E-state index in [9.17, 15) is 0 Å². The van der Waals surface area contributed by atoms with Crippen LogP contribution >= 0.6 is 11.6 Å². The van der Waals surface area contributed by atoms with Gasteiger partial charge in [-0.3, -0.25) is 0 Å². The van der Waals surface area contributed by atoms with Gasteiger partial charge in [0.2, 0.25) is 0 Å². The summed E-state index contributed by atoms with van der Waals surface area (Å²) >= 11 is 6.12. The highest BCUT2D eigenvalue weighted by molar-refractivity contribution is 6.31. The Labute approximate surface area is 101 Å². The lowest BCUT2D eigenvalue weighted by atomic mass is 10.2. The third-order valence-corrected chi connectivity index (χ3v) is 3.33. The van der Waals surface area contributed by atoms with E-state index < -0.39 is 0 Å². The Kier molecular flexibility index (Phi) is 3.69. The van der Waals surface area contributed by atoms with Crippen molar-refractivity contribution in [2.45, 2.75) is 13.0 Å². The largest absolute Gasteiger partial charge is 0.373 e. The molecular formula is C12H17ClN2O. The molecule has 1 aliphatic heterocycles. The van der Waals surface area contributed by atoms with Crippen molar-refractivity contribution < 1.29 is 4.74 Å². The maximum atomic E-state index is 6.12. The van der Waals surface area contributed by atoms with Crippen molar-refractivity contribution in [2.75, 3.05) is 31.1 Å². The Hall–Kier alpha value is -0.770. The van der Waals surface area contributed by atoms with Crippen LogP contribution in [0.2, 0.25) is 5.02 Å². The number of hydrogen-bond donors (Lipinski definition) is 1. The standard InChI is InChI=1S/C12H17ClN2O/c1-9-2-3-10(6-12(9)13)15-4-5-16-11(7-14)8-15/h2-3,6,11H,4-5,7-8,14H2,1H3. The molecule has 1 aromatic rings. The second-order valence-corrected chi connectivity index (χ2v) is 4.52. The number of benzene rings is 1. The van der Waals surface area contributed by atoms with E-state index in [0.29, 0.717) is 6.54 Å². The molecule has 1 aromatic carbocycles. The summed E-state index contributed by atoms with van der Waals surface area (Å²) in [5.41, 5.74) is 7.88. The van der Waals surface area contributed by atoms with Crippen LogP contribution in [0, 0.1) is 6.92 Å². The molecule has 2 rings (SSSR count). The Balaban J connectivity index is 2.13. The summed E-state index contributed by atoms with van der Waals surface area (Å²) in [6.07, 6.45) is 0.133. The predicted octanol–water partition coefficient (Wildman–Crippen LogP) is 1.81. The number of anilines is 1. The molecule has 1 atom stereocenters. The summed E-state index contributed by atoms with van der Waals surface area (Å²) in [6.45, 7) is 5.04. The third kappa shape index (κ3) is 2.48. The minimum absolute atomic E-state index is 0.133. The van der Waals surface area contributed by atoms with Crippen LogP contribution in [0.5, 0.6) is 0 Å². The molecule has 88 valence electrons. The molecule has 0 amide bonds. The fourth-order valence-electron chi connectivity index (χ4n) is 1.87. The number of rotatable bonds is 2. The van der Waals surface area contributed by atoms with Crippen molar-refractivity contribution in [1.29, 1.82) is 0 Å². The Bertz CT molecular complexity index is 370. The van der Waals surface area contributed by atoms with Crippen LogP contribution < -0.4 is 10.6 Å². The summed E-state index contributed by atoms with van der Waals surface area (Å²) < 4.78 is 5.53. The third-order valence-electron chi connectivity index (χ3n) is 2.92. The number of aryl methyl sites for hydroxylation is 1. The van der Waals surface area contributed by atoms with Crippen LogP contribution in [0.25, 0.3) is 0 Å². The zero-order valence-electron chi connectivity index (χ0n) is 9.45. The van der Waals surface area contributed by atoms with Gasteiger partial charge in [0.15, 0.2) is 0 Å². The van der Waals surface area contributed by atoms with Crippen LogP contribution in [0.4, 0.5) is 5.69 Å². The smallest absolute Gasteiger partial charge is 0.0872 e. The van der Waals surface area contributed by atoms with Gasteiger partial charge in [-0.15, -0.1) is 0 Å². The molecule has 1 unspecified atom stereocenters. The van der Waals surface area contributed by atoms with Gasteiger partial charge >= 0.3 is 0 Å². The molecule has 1 aliphatic rings. The Morgan fingerprint density at radius 1 is 1.56 bits per heavy atom. The lowest BCUT2D eigenvalue weighted by Crippen LogP contribution is -2.45. The van der Waals surface area contributed by atoms with Gasteiger partial charge in [0.25, 0.3) is 0 Å². The summed E-state index contributed by atoms with van der Waals surface area (Å²) in [6, 6.07) is 6.15. The number of nitrogens with zero attached hydrogens (tertiary/aromatic N) is 1. The van der Waals surface area contributed by atoms with Crippen LogP contribution in [0.3, 0.4) is 0 Å². The Morgan fingerprint density at radius 2 is 2.38 bits per heavy atom. The van der Waals surface area contributed by atoms with E-state index in [-0.39, 0.29) is 6.10 Å². The molecular weight excluding hydrogens is 224 g/mol. The minimum Gasteiger partial charge on any atom is -0.373 e. The van der Waals surface area contributed by atoms with Gasteiger partial charge in [0, 0.05) is 30.3 Å². The molecule has 0 spiro atoms. The molecule has 3 nitrogen and oxygen atoms in total. The quantitative estimate of drug-likeness (QED) is 0.857. The van der Waals surface area contributed by atoms with E-state index in [1.54, 1.807) is 0 Å². The highest BCUT2D eigenvalue weighted by atomic mass is 35.5. The first-order valence-corrected chi connectivity index (χ1v) is 5.91. The van der Waals surface area contributed by atoms with Gasteiger partial charge in [-0.1, -0.05) is 17.7 Å². The summed E-state index contributed by atoms with van der Waals surface area (Å²) in [4.78, 5) is 2.27. The number of morpholine rings is 1. The van der Waals surface area contributed by atoms with E-state index in [1.165, 1.54) is 0 Å². The van der Waals surface area contributed by atoms with Crippen LogP contribution in [-0.4, -0.2) is 32.3 Å². The normalized spacial score (nSPS) is 21.2. The van der Waals surface area contributed by atoms with Crippen molar-refractivity contribution in [1.82, 2.24) is 0 Å². The molecule has 2 N–H and O–H groups in total. The lowest BCUT2D eigenvalue weighted by Gasteiger charge is -2.34. The van der Waals surface area contributed by atoms with Crippen LogP contribution in [0.1, 0.15) is 5.56 Å². The molecule has 0 aromatic heterocycles. The van der Waals surface area contributed by atoms with Crippen molar-refractivity contribution in [3.63, 3.8) is 0 Å². The Morgan fingerprint density at radius 3 is 3.06 bits per heavy atom. The molecule has 0 aliphatic carbocycles. The van der Waals surface area contributed by atoms with Gasteiger partial charge in [-0.25, -0.2) is 0 Å². The molecule has 1 fully saturated rings. The molecule has 4 heteroatoms. The maximum absolute atomic E-state index is 6.12. The van der Waals surface area contributed by atoms with Gasteiger partial charge in [-0.05, 0) is 24.6 Å². The molecule has 0 saturated carbocycles. The molecule has 16 heavy (non-hydrogen) atoms. The number of ether oxygens (including phenoxy) is 1. The molecule has 1 heterocycles. The van der Waals surface area contributed by atoms with Gasteiger partial charge in [-0.2, -0.15) is 0 Å². The highest BCUT2D eigenvalue weighted by Crippen LogP contribution is 2.24. The van der Waals surface area contributed by atoms with Crippen molar-refractivity contribution in [2.24, 2.45) is 5.73 Å². The highest BCUT2D eigenvalue weighted by Gasteiger charge is 2.19. The summed E-state index contributed by atoms with van der Waals surface area (Å²) in [5, 5.41) is 0.813. The van der Waals surface area contributed by atoms with E-state index in [1.807, 2.05) is 19.1 Å². The van der Waals surface area contributed by atoms with Crippen LogP contribution in [-0.2, 0) is 4.74 Å². The van der Waals surface area contributed by atoms with Gasteiger partial charge in [0.05, 0.1) is 12.7 Å². The van der Waals surface area contributed by atoms with Gasteiger partial charge < -0.3 is 15.4 Å². The van der Waals surface area contributed by atoms with E-state index in [0.717, 1.165) is 36.0 Å². The van der Waals surface area contributed by atoms with Crippen molar-refractivity contribution in [3.8, 4) is 0 Å². The van der Waals surface area contributed by atoms with Crippen LogP contribution in [0.15, 0.2) is 18.2 Å². The van der Waals surface area contributed by atoms with E-state index >= 15 is 0 Å². The minimum atomic E-state index is 0.133. The molecule has 0 radical (unpaired) electrons. The first kappa shape index (κ1) is 11.7. The fraction of sp³-hybridized carbons (Fsp3) is 0.500. The summed E-state index contributed by atoms with van der Waals surface area (Å²) in [5.74, 6) is 0. The summed E-state index contributed by atoms with van der Waals surface area (Å²) in [7, 11) is 0. The number of nitrogens with two attached hydrogens (primary N) is 1. The fourth-order valence-corrected chi connectivity index (χ4v) is 2.05. The average molecular weight is 241 g/mol. The number of halogens is 1.